The van der Waals surface area contributed by atoms with Crippen LogP contribution in [-0.2, 0) is 5.88 Å². The van der Waals surface area contributed by atoms with Crippen LogP contribution in [0.4, 0.5) is 0 Å². The van der Waals surface area contributed by atoms with Crippen molar-refractivity contribution in [2.24, 2.45) is 0 Å². The van der Waals surface area contributed by atoms with Crippen molar-refractivity contribution < 1.29 is 4.79 Å². The standard InChI is InChI=1S/C10H6BrClOS/c11-9-2-1-6(5-13)8-3-7(4-12)14-10(8)9/h1-3,5H,4H2. The Balaban J connectivity index is 2.81. The minimum Gasteiger partial charge on any atom is -0.298 e. The monoisotopic (exact) mass is 288 g/mol. The average molecular weight is 290 g/mol. The van der Waals surface area contributed by atoms with Crippen LogP contribution in [0.25, 0.3) is 10.1 Å². The summed E-state index contributed by atoms with van der Waals surface area (Å²) < 4.78 is 2.10. The second-order valence-electron chi connectivity index (χ2n) is 2.84. The maximum atomic E-state index is 10.8. The Kier molecular flexibility index (Phi) is 2.91. The van der Waals surface area contributed by atoms with Crippen LogP contribution in [0.3, 0.4) is 0 Å². The summed E-state index contributed by atoms with van der Waals surface area (Å²) in [6, 6.07) is 5.67. The number of carbonyl (C=O) groups excluding carboxylic acids is 1. The van der Waals surface area contributed by atoms with Crippen molar-refractivity contribution >= 4 is 55.2 Å². The zero-order valence-corrected chi connectivity index (χ0v) is 10.2. The van der Waals surface area contributed by atoms with Gasteiger partial charge in [0.05, 0.1) is 5.88 Å². The van der Waals surface area contributed by atoms with Gasteiger partial charge in [-0.15, -0.1) is 22.9 Å². The molecule has 1 nitrogen and oxygen atoms in total. The van der Waals surface area contributed by atoms with E-state index < -0.39 is 0 Å². The topological polar surface area (TPSA) is 17.1 Å². The van der Waals surface area contributed by atoms with Gasteiger partial charge in [0.25, 0.3) is 0 Å². The zero-order chi connectivity index (χ0) is 10.1. The van der Waals surface area contributed by atoms with E-state index in [1.807, 2.05) is 18.2 Å². The van der Waals surface area contributed by atoms with Crippen molar-refractivity contribution in [1.29, 1.82) is 0 Å². The minimum atomic E-state index is 0.490. The number of hydrogen-bond donors (Lipinski definition) is 0. The molecule has 0 fully saturated rings. The van der Waals surface area contributed by atoms with E-state index in [0.717, 1.165) is 31.3 Å². The number of aldehydes is 1. The van der Waals surface area contributed by atoms with Gasteiger partial charge in [-0.2, -0.15) is 0 Å². The summed E-state index contributed by atoms with van der Waals surface area (Å²) in [5, 5.41) is 0.982. The third kappa shape index (κ3) is 1.60. The second-order valence-corrected chi connectivity index (χ2v) is 5.10. The summed E-state index contributed by atoms with van der Waals surface area (Å²) in [6.45, 7) is 0. The van der Waals surface area contributed by atoms with Crippen molar-refractivity contribution in [3.05, 3.63) is 33.1 Å². The minimum absolute atomic E-state index is 0.490. The summed E-state index contributed by atoms with van der Waals surface area (Å²) in [5.74, 6) is 0.490. The lowest BCUT2D eigenvalue weighted by atomic mass is 10.1. The van der Waals surface area contributed by atoms with Crippen LogP contribution in [0.1, 0.15) is 15.2 Å². The quantitative estimate of drug-likeness (QED) is 0.598. The molecule has 2 aromatic rings. The van der Waals surface area contributed by atoms with Crippen LogP contribution < -0.4 is 0 Å². The van der Waals surface area contributed by atoms with Gasteiger partial charge >= 0.3 is 0 Å². The number of benzene rings is 1. The van der Waals surface area contributed by atoms with Crippen molar-refractivity contribution in [1.82, 2.24) is 0 Å². The highest BCUT2D eigenvalue weighted by Gasteiger charge is 2.08. The smallest absolute Gasteiger partial charge is 0.150 e. The van der Waals surface area contributed by atoms with Crippen molar-refractivity contribution in [3.63, 3.8) is 0 Å². The van der Waals surface area contributed by atoms with E-state index in [0.29, 0.717) is 5.88 Å². The van der Waals surface area contributed by atoms with E-state index in [4.69, 9.17) is 11.6 Å². The third-order valence-corrected chi connectivity index (χ3v) is 4.52. The Morgan fingerprint density at radius 2 is 2.29 bits per heavy atom. The first-order valence-electron chi connectivity index (χ1n) is 3.98. The Morgan fingerprint density at radius 3 is 2.93 bits per heavy atom. The Morgan fingerprint density at radius 1 is 1.50 bits per heavy atom. The number of carbonyl (C=O) groups is 1. The lowest BCUT2D eigenvalue weighted by Crippen LogP contribution is -1.79. The Labute approximate surface area is 98.8 Å². The number of alkyl halides is 1. The molecule has 1 aromatic heterocycles. The molecule has 0 bridgehead atoms. The van der Waals surface area contributed by atoms with Crippen LogP contribution in [0, 0.1) is 0 Å². The van der Waals surface area contributed by atoms with Crippen LogP contribution in [0.15, 0.2) is 22.7 Å². The van der Waals surface area contributed by atoms with E-state index in [-0.39, 0.29) is 0 Å². The number of rotatable bonds is 2. The van der Waals surface area contributed by atoms with Gasteiger partial charge in [-0.1, -0.05) is 0 Å². The van der Waals surface area contributed by atoms with Gasteiger partial charge < -0.3 is 0 Å². The van der Waals surface area contributed by atoms with Crippen molar-refractivity contribution in [3.8, 4) is 0 Å². The highest BCUT2D eigenvalue weighted by atomic mass is 79.9. The van der Waals surface area contributed by atoms with E-state index in [9.17, 15) is 4.79 Å². The molecule has 0 spiro atoms. The molecule has 72 valence electrons. The highest BCUT2D eigenvalue weighted by Crippen LogP contribution is 2.34. The van der Waals surface area contributed by atoms with Gasteiger partial charge in [0.15, 0.2) is 6.29 Å². The van der Waals surface area contributed by atoms with Gasteiger partial charge in [-0.05, 0) is 34.1 Å². The first-order chi connectivity index (χ1) is 6.76. The fourth-order valence-corrected chi connectivity index (χ4v) is 3.11. The lowest BCUT2D eigenvalue weighted by Gasteiger charge is -1.95. The molecule has 2 rings (SSSR count). The first kappa shape index (κ1) is 10.1. The van der Waals surface area contributed by atoms with E-state index in [1.54, 1.807) is 11.3 Å². The summed E-state index contributed by atoms with van der Waals surface area (Å²) >= 11 is 10.8. The largest absolute Gasteiger partial charge is 0.298 e. The highest BCUT2D eigenvalue weighted by molar-refractivity contribution is 9.10. The number of fused-ring (bicyclic) bond motifs is 1. The molecule has 0 unspecified atom stereocenters. The molecule has 0 saturated carbocycles. The number of thiophene rings is 1. The molecule has 0 amide bonds. The van der Waals surface area contributed by atoms with E-state index in [2.05, 4.69) is 15.9 Å². The van der Waals surface area contributed by atoms with Crippen LogP contribution in [0.5, 0.6) is 0 Å². The molecular formula is C10H6BrClOS. The fraction of sp³-hybridized carbons (Fsp3) is 0.100. The van der Waals surface area contributed by atoms with E-state index >= 15 is 0 Å². The summed E-state index contributed by atoms with van der Waals surface area (Å²) in [6.07, 6.45) is 0.875. The number of halogens is 2. The normalized spacial score (nSPS) is 10.7. The first-order valence-corrected chi connectivity index (χ1v) is 6.12. The average Bonchev–Trinajstić information content (AvgIpc) is 2.63. The van der Waals surface area contributed by atoms with Gasteiger partial charge in [0.2, 0.25) is 0 Å². The van der Waals surface area contributed by atoms with Gasteiger partial charge in [0.1, 0.15) is 0 Å². The molecule has 0 aliphatic carbocycles. The SMILES string of the molecule is O=Cc1ccc(Br)c2sc(CCl)cc12. The molecule has 1 heterocycles. The molecule has 0 aliphatic heterocycles. The molecule has 4 heteroatoms. The van der Waals surface area contributed by atoms with Crippen LogP contribution >= 0.6 is 38.9 Å². The fourth-order valence-electron chi connectivity index (χ4n) is 1.33. The molecule has 0 aliphatic rings. The lowest BCUT2D eigenvalue weighted by molar-refractivity contribution is 0.112. The second kappa shape index (κ2) is 4.01. The molecule has 14 heavy (non-hydrogen) atoms. The summed E-state index contributed by atoms with van der Waals surface area (Å²) in [5.41, 5.74) is 0.718. The van der Waals surface area contributed by atoms with Gasteiger partial charge in [0, 0.05) is 25.0 Å². The maximum Gasteiger partial charge on any atom is 0.150 e. The molecule has 0 atom stereocenters. The summed E-state index contributed by atoms with van der Waals surface area (Å²) in [7, 11) is 0. The third-order valence-electron chi connectivity index (χ3n) is 1.98. The number of hydrogen-bond acceptors (Lipinski definition) is 2. The van der Waals surface area contributed by atoms with Crippen LogP contribution in [-0.4, -0.2) is 6.29 Å². The molecule has 0 radical (unpaired) electrons. The molecular weight excluding hydrogens is 284 g/mol. The molecule has 0 N–H and O–H groups in total. The van der Waals surface area contributed by atoms with Crippen molar-refractivity contribution in [2.45, 2.75) is 5.88 Å². The zero-order valence-electron chi connectivity index (χ0n) is 7.09. The van der Waals surface area contributed by atoms with Crippen molar-refractivity contribution in [2.75, 3.05) is 0 Å². The van der Waals surface area contributed by atoms with E-state index in [1.165, 1.54) is 0 Å². The maximum absolute atomic E-state index is 10.8. The predicted octanol–water partition coefficient (Wildman–Crippen LogP) is 4.22. The Hall–Kier alpha value is -0.380. The summed E-state index contributed by atoms with van der Waals surface area (Å²) in [4.78, 5) is 11.9. The Bertz CT molecular complexity index is 492. The van der Waals surface area contributed by atoms with Crippen LogP contribution in [0.2, 0.25) is 0 Å². The molecule has 0 saturated heterocycles. The van der Waals surface area contributed by atoms with Gasteiger partial charge in [-0.25, -0.2) is 0 Å². The molecule has 1 aromatic carbocycles. The predicted molar refractivity (Wildman–Crippen MR) is 64.5 cm³/mol. The van der Waals surface area contributed by atoms with Gasteiger partial charge in [-0.3, -0.25) is 4.79 Å².